The van der Waals surface area contributed by atoms with E-state index in [0.29, 0.717) is 16.3 Å². The Hall–Kier alpha value is -20.4. The fraction of sp³-hybridized carbons (Fsp3) is 0. The molecule has 7 heterocycles. The van der Waals surface area contributed by atoms with Crippen molar-refractivity contribution in [2.75, 3.05) is 0 Å². The Bertz CT molecular complexity index is 10300. The van der Waals surface area contributed by atoms with Crippen molar-refractivity contribution < 1.29 is 0 Å². The Morgan fingerprint density at radius 2 is 0.401 bits per heavy atom. The molecule has 0 saturated heterocycles. The molecule has 0 bridgehead atoms. The number of hydrogen-bond acceptors (Lipinski definition) is 14. The molecule has 0 atom stereocenters. The molecule has 0 aliphatic rings. The predicted molar refractivity (Wildman–Crippen MR) is 582 cm³/mol. The summed E-state index contributed by atoms with van der Waals surface area (Å²) in [5.74, 6) is 0. The number of nitrogens with zero attached hydrogens (tertiary/aromatic N) is 17. The van der Waals surface area contributed by atoms with Gasteiger partial charge in [0.2, 0.25) is 11.4 Å². The Labute approximate surface area is 805 Å². The third-order valence-corrected chi connectivity index (χ3v) is 27.7. The van der Waals surface area contributed by atoms with E-state index in [-0.39, 0.29) is 22.6 Å². The van der Waals surface area contributed by atoms with Crippen LogP contribution in [0.25, 0.3) is 297 Å². The Morgan fingerprint density at radius 3 is 0.796 bits per heavy atom. The molecule has 0 saturated carbocycles. The summed E-state index contributed by atoms with van der Waals surface area (Å²) in [6.45, 7) is 22.9. The summed E-state index contributed by atoms with van der Waals surface area (Å²) in [6.07, 6.45) is 17.4. The third-order valence-electron chi connectivity index (χ3n) is 27.7. The number of pyridine rings is 1. The Balaban J connectivity index is 0.0000000891. The van der Waals surface area contributed by atoms with Crippen molar-refractivity contribution in [1.29, 1.82) is 5.26 Å². The van der Waals surface area contributed by atoms with Crippen LogP contribution in [-0.2, 0) is 0 Å². The molecule has 17 heteroatoms. The van der Waals surface area contributed by atoms with Gasteiger partial charge < -0.3 is 0 Å². The minimum Gasteiger partial charge on any atom is -0.262 e. The number of hydrogen-bond donors (Lipinski definition) is 0. The smallest absolute Gasteiger partial charge is 0.202 e. The highest BCUT2D eigenvalue weighted by molar-refractivity contribution is 6.40. The number of para-hydroxylation sites is 3. The third kappa shape index (κ3) is 12.9. The van der Waals surface area contributed by atoms with Crippen LogP contribution in [0.3, 0.4) is 0 Å². The topological polar surface area (TPSA) is 204 Å². The SMILES string of the molecule is [C-]#[N+]c1c([N+]#[C-])c([N+]#[C-])c2cc3c4cc5ccccc5cc4c4nccnc4c3cc2c1C#N.c1ccc2cc3c(cc2c1)c1cc2ccccc2cc1c1nccnc31.c1ccc2cc3c(cc2c1)c1cc2ccccc2nc1c1nccnc31.c1ccc2cc3c(cc2c1)c1nccnc1c1c2ccccc2c2ccccc2c31.c1ccc2cc3c(cc2c1)c1nccnc1c1nc2ccccc2nc31. The lowest BCUT2D eigenvalue weighted by atomic mass is 9.89. The van der Waals surface area contributed by atoms with Crippen LogP contribution in [0.4, 0.5) is 17.1 Å². The molecule has 0 spiro atoms. The number of rotatable bonds is 0. The van der Waals surface area contributed by atoms with Gasteiger partial charge in [-0.2, -0.15) is 5.26 Å². The van der Waals surface area contributed by atoms with Crippen molar-refractivity contribution in [3.05, 3.63) is 435 Å². The van der Waals surface area contributed by atoms with Crippen molar-refractivity contribution in [2.24, 2.45) is 0 Å². The first-order chi connectivity index (χ1) is 70.2. The van der Waals surface area contributed by atoms with E-state index in [0.717, 1.165) is 158 Å². The molecule has 650 valence electrons. The molecule has 0 fully saturated rings. The van der Waals surface area contributed by atoms with Gasteiger partial charge in [0.05, 0.1) is 103 Å². The second-order valence-electron chi connectivity index (χ2n) is 35.4. The summed E-state index contributed by atoms with van der Waals surface area (Å²) in [6, 6.07) is 119. The summed E-state index contributed by atoms with van der Waals surface area (Å²) >= 11 is 0. The van der Waals surface area contributed by atoms with Crippen molar-refractivity contribution in [3.8, 4) is 6.07 Å². The highest BCUT2D eigenvalue weighted by atomic mass is 14.9. The Kier molecular flexibility index (Phi) is 18.7. The molecule has 0 unspecified atom stereocenters. The van der Waals surface area contributed by atoms with Crippen molar-refractivity contribution >= 4 is 299 Å². The molecule has 142 heavy (non-hydrogen) atoms. The molecule has 24 aromatic carbocycles. The summed E-state index contributed by atoms with van der Waals surface area (Å²) in [4.78, 5) is 71.9. The normalized spacial score (nSPS) is 11.6. The Morgan fingerprint density at radius 1 is 0.169 bits per heavy atom. The quantitative estimate of drug-likeness (QED) is 0.0787. The molecule has 0 aliphatic carbocycles. The number of aromatic nitrogens is 13. The summed E-state index contributed by atoms with van der Waals surface area (Å²) < 4.78 is 0. The van der Waals surface area contributed by atoms with Crippen LogP contribution in [-0.4, -0.2) is 64.8 Å². The maximum Gasteiger partial charge on any atom is 0.202 e. The lowest BCUT2D eigenvalue weighted by molar-refractivity contribution is 1.30. The van der Waals surface area contributed by atoms with E-state index in [1.807, 2.05) is 78.9 Å². The van der Waals surface area contributed by atoms with Gasteiger partial charge in [0, 0.05) is 127 Å². The predicted octanol–water partition coefficient (Wildman–Crippen LogP) is 32.1. The van der Waals surface area contributed by atoms with E-state index in [4.69, 9.17) is 44.6 Å². The molecular weight excluding hydrogens is 1740 g/mol. The van der Waals surface area contributed by atoms with E-state index in [9.17, 15) is 5.26 Å². The maximum atomic E-state index is 9.90. The first kappa shape index (κ1) is 81.2. The molecule has 7 aromatic heterocycles. The van der Waals surface area contributed by atoms with E-state index < -0.39 is 0 Å². The van der Waals surface area contributed by atoms with E-state index in [2.05, 4.69) is 315 Å². The summed E-state index contributed by atoms with van der Waals surface area (Å²) in [5, 5.41) is 50.0. The van der Waals surface area contributed by atoms with Gasteiger partial charge in [-0.1, -0.05) is 231 Å². The highest BCUT2D eigenvalue weighted by Gasteiger charge is 2.26. The second-order valence-corrected chi connectivity index (χ2v) is 35.4. The van der Waals surface area contributed by atoms with Crippen LogP contribution in [0.5, 0.6) is 0 Å². The van der Waals surface area contributed by atoms with Gasteiger partial charge in [-0.3, -0.25) is 64.4 Å². The second kappa shape index (κ2) is 32.7. The molecule has 0 aliphatic heterocycles. The van der Waals surface area contributed by atoms with Crippen LogP contribution in [0, 0.1) is 31.0 Å². The zero-order chi connectivity index (χ0) is 94.3. The molecule has 0 radical (unpaired) electrons. The monoisotopic (exact) mass is 1800 g/mol. The van der Waals surface area contributed by atoms with Crippen LogP contribution in [0.1, 0.15) is 5.56 Å². The summed E-state index contributed by atoms with van der Waals surface area (Å²) in [5.41, 5.74) is 14.0. The lowest BCUT2D eigenvalue weighted by Crippen LogP contribution is -1.94. The van der Waals surface area contributed by atoms with E-state index in [1.54, 1.807) is 62.0 Å². The molecular formula is C125H65N17. The first-order valence-corrected chi connectivity index (χ1v) is 46.3. The minimum absolute atomic E-state index is 0.0799. The van der Waals surface area contributed by atoms with Gasteiger partial charge in [0.1, 0.15) is 16.6 Å². The first-order valence-electron chi connectivity index (χ1n) is 46.3. The van der Waals surface area contributed by atoms with Crippen molar-refractivity contribution in [3.63, 3.8) is 0 Å². The zero-order valence-corrected chi connectivity index (χ0v) is 75.1. The van der Waals surface area contributed by atoms with Gasteiger partial charge >= 0.3 is 0 Å². The average molecular weight is 1810 g/mol. The lowest BCUT2D eigenvalue weighted by Gasteiger charge is -2.15. The van der Waals surface area contributed by atoms with E-state index >= 15 is 0 Å². The van der Waals surface area contributed by atoms with Gasteiger partial charge in [-0.05, 0) is 232 Å². The average Bonchev–Trinajstić information content (AvgIpc) is 0.702. The molecule has 17 nitrogen and oxygen atoms in total. The largest absolute Gasteiger partial charge is 0.262 e. The maximum absolute atomic E-state index is 9.90. The van der Waals surface area contributed by atoms with Gasteiger partial charge in [-0.15, -0.1) is 0 Å². The van der Waals surface area contributed by atoms with Gasteiger partial charge in [0.25, 0.3) is 0 Å². The number of fused-ring (bicyclic) bond motifs is 44. The van der Waals surface area contributed by atoms with Crippen LogP contribution >= 0.6 is 0 Å². The molecule has 0 N–H and O–H groups in total. The fourth-order valence-electron chi connectivity index (χ4n) is 21.4. The van der Waals surface area contributed by atoms with Gasteiger partial charge in [0.15, 0.2) is 5.69 Å². The number of benzene rings is 24. The van der Waals surface area contributed by atoms with E-state index in [1.165, 1.54) is 108 Å². The molecule has 0 amide bonds. The van der Waals surface area contributed by atoms with Crippen molar-refractivity contribution in [2.45, 2.75) is 0 Å². The highest BCUT2D eigenvalue weighted by Crippen LogP contribution is 2.51. The van der Waals surface area contributed by atoms with Crippen LogP contribution < -0.4 is 0 Å². The summed E-state index contributed by atoms with van der Waals surface area (Å²) in [7, 11) is 0. The van der Waals surface area contributed by atoms with Crippen molar-refractivity contribution in [1.82, 2.24) is 64.8 Å². The van der Waals surface area contributed by atoms with Gasteiger partial charge in [-0.25, -0.2) is 15.0 Å². The minimum atomic E-state index is -0.0856. The fourth-order valence-corrected chi connectivity index (χ4v) is 21.4. The molecule has 31 rings (SSSR count). The standard InChI is InChI=1S/C28H10N6.C28H16N2.C24H14N2.C23H13N3.C22H12N4/c1-30-24-21-12-18-17-10-15-6-4-5-7-16(15)11-20(17)26-27(34-9-8-33-26)22(18)13-19(21)23(14-29)25(31-2)28(24)32-3;1-2-8-18-16-24-23(15-17(18)7-1)25-21-11-5-3-9-19(21)20-10-4-6-12-22(20)26(25)28-27(24)29-13-14-30-28;1-3-7-17-13-21-19(11-15(17)5-1)20-12-16-6-2-4-8-18(16)14-22(20)24-23(21)25-9-10-26-24;1-2-6-15-12-18-17(11-14(15)5-1)19-13-16-7-3-4-8-20(16)26-22(19)23-21(18)24-9-10-25-23;1-2-6-14-12-16-15(11-13(14)5-1)19-21(24-10-9-23-19)22-20(16)25-17-7-3-4-8-18(17)26-22/h4-13H;1-16H;1-14H;1-13H;1-12H. The molecule has 31 aromatic rings. The zero-order valence-electron chi connectivity index (χ0n) is 75.1. The van der Waals surface area contributed by atoms with Crippen LogP contribution in [0.2, 0.25) is 0 Å². The number of nitriles is 1. The van der Waals surface area contributed by atoms with Crippen LogP contribution in [0.15, 0.2) is 396 Å².